The molecule has 112 valence electrons. The molecule has 0 fully saturated rings. The maximum absolute atomic E-state index is 6.28. The average molecular weight is 294 g/mol. The van der Waals surface area contributed by atoms with Gasteiger partial charge in [0.05, 0.1) is 0 Å². The molecule has 0 spiro atoms. The van der Waals surface area contributed by atoms with E-state index in [1.807, 2.05) is 12.1 Å². The summed E-state index contributed by atoms with van der Waals surface area (Å²) in [5.41, 5.74) is 9.24. The minimum absolute atomic E-state index is 0.229. The van der Waals surface area contributed by atoms with Gasteiger partial charge >= 0.3 is 0 Å². The quantitative estimate of drug-likeness (QED) is 0.493. The summed E-state index contributed by atoms with van der Waals surface area (Å²) in [6.45, 7) is 13.2. The molecule has 0 aromatic heterocycles. The molecule has 0 saturated carbocycles. The van der Waals surface area contributed by atoms with E-state index < -0.39 is 0 Å². The fourth-order valence-corrected chi connectivity index (χ4v) is 3.20. The second kappa shape index (κ2) is 7.17. The molecule has 2 N–H and O–H groups in total. The molecule has 0 aliphatic rings. The fraction of sp³-hybridized carbons (Fsp3) is 0.556. The fourth-order valence-electron chi connectivity index (χ4n) is 2.95. The highest BCUT2D eigenvalue weighted by Crippen LogP contribution is 2.34. The van der Waals surface area contributed by atoms with Crippen molar-refractivity contribution in [3.8, 4) is 0 Å². The number of hydrogen-bond donors (Lipinski definition) is 1. The zero-order valence-corrected chi connectivity index (χ0v) is 14.1. The van der Waals surface area contributed by atoms with E-state index >= 15 is 0 Å². The van der Waals surface area contributed by atoms with Crippen LogP contribution >= 0.6 is 11.6 Å². The number of rotatable bonds is 7. The van der Waals surface area contributed by atoms with Crippen molar-refractivity contribution in [1.82, 2.24) is 0 Å². The van der Waals surface area contributed by atoms with E-state index in [0.717, 1.165) is 30.0 Å². The summed E-state index contributed by atoms with van der Waals surface area (Å²) in [5.74, 6) is 0.657. The van der Waals surface area contributed by atoms with E-state index in [0.29, 0.717) is 5.92 Å². The van der Waals surface area contributed by atoms with E-state index in [-0.39, 0.29) is 5.41 Å². The van der Waals surface area contributed by atoms with E-state index in [1.165, 1.54) is 17.6 Å². The van der Waals surface area contributed by atoms with Crippen molar-refractivity contribution >= 4 is 17.3 Å². The Morgan fingerprint density at radius 1 is 1.40 bits per heavy atom. The van der Waals surface area contributed by atoms with Gasteiger partial charge in [-0.25, -0.2) is 0 Å². The van der Waals surface area contributed by atoms with Crippen LogP contribution in [0.5, 0.6) is 0 Å². The molecule has 0 amide bonds. The van der Waals surface area contributed by atoms with Crippen LogP contribution in [0.3, 0.4) is 0 Å². The van der Waals surface area contributed by atoms with Crippen LogP contribution in [0.25, 0.3) is 0 Å². The molecule has 1 aromatic carbocycles. The highest BCUT2D eigenvalue weighted by atomic mass is 35.5. The van der Waals surface area contributed by atoms with Crippen LogP contribution in [0.2, 0.25) is 5.02 Å². The third-order valence-electron chi connectivity index (χ3n) is 3.78. The van der Waals surface area contributed by atoms with E-state index in [2.05, 4.69) is 40.3 Å². The zero-order chi connectivity index (χ0) is 15.3. The van der Waals surface area contributed by atoms with Crippen LogP contribution in [0.15, 0.2) is 30.4 Å². The number of halogens is 1. The lowest BCUT2D eigenvalue weighted by atomic mass is 9.77. The lowest BCUT2D eigenvalue weighted by Gasteiger charge is -2.29. The molecule has 0 heterocycles. The first kappa shape index (κ1) is 17.1. The van der Waals surface area contributed by atoms with Gasteiger partial charge < -0.3 is 5.73 Å². The first-order valence-corrected chi connectivity index (χ1v) is 7.82. The third-order valence-corrected chi connectivity index (χ3v) is 4.14. The number of benzene rings is 1. The monoisotopic (exact) mass is 293 g/mol. The Morgan fingerprint density at radius 2 is 2.05 bits per heavy atom. The van der Waals surface area contributed by atoms with E-state index in [4.69, 9.17) is 17.3 Å². The van der Waals surface area contributed by atoms with Crippen molar-refractivity contribution < 1.29 is 0 Å². The Bertz CT molecular complexity index is 462. The summed E-state index contributed by atoms with van der Waals surface area (Å²) in [5, 5.41) is 0.781. The van der Waals surface area contributed by atoms with Gasteiger partial charge in [0.25, 0.3) is 0 Å². The predicted octanol–water partition coefficient (Wildman–Crippen LogP) is 5.87. The van der Waals surface area contributed by atoms with Gasteiger partial charge in [-0.3, -0.25) is 0 Å². The van der Waals surface area contributed by atoms with Crippen LogP contribution in [0, 0.1) is 11.3 Å². The lowest BCUT2D eigenvalue weighted by molar-refractivity contribution is 0.273. The minimum Gasteiger partial charge on any atom is -0.399 e. The summed E-state index contributed by atoms with van der Waals surface area (Å²) in [4.78, 5) is 0. The molecule has 1 rings (SSSR count). The first-order valence-electron chi connectivity index (χ1n) is 7.44. The molecule has 0 aliphatic carbocycles. The number of nitrogen functional groups attached to an aromatic ring is 1. The largest absolute Gasteiger partial charge is 0.399 e. The molecule has 0 radical (unpaired) electrons. The molecule has 1 unspecified atom stereocenters. The number of allylic oxidation sites excluding steroid dienone is 1. The molecule has 0 saturated heterocycles. The molecular formula is C18H28ClN. The van der Waals surface area contributed by atoms with Crippen molar-refractivity contribution in [2.45, 2.75) is 53.4 Å². The van der Waals surface area contributed by atoms with Gasteiger partial charge in [-0.2, -0.15) is 0 Å². The highest BCUT2D eigenvalue weighted by molar-refractivity contribution is 6.31. The maximum Gasteiger partial charge on any atom is 0.0458 e. The van der Waals surface area contributed by atoms with Crippen molar-refractivity contribution in [2.75, 3.05) is 5.73 Å². The van der Waals surface area contributed by atoms with E-state index in [1.54, 1.807) is 0 Å². The van der Waals surface area contributed by atoms with Crippen LogP contribution in [0.4, 0.5) is 5.69 Å². The molecule has 1 aromatic rings. The van der Waals surface area contributed by atoms with Gasteiger partial charge in [0.2, 0.25) is 0 Å². The maximum atomic E-state index is 6.28. The molecule has 1 nitrogen and oxygen atoms in total. The Morgan fingerprint density at radius 3 is 2.60 bits per heavy atom. The smallest absolute Gasteiger partial charge is 0.0458 e. The van der Waals surface area contributed by atoms with Crippen molar-refractivity contribution in [2.24, 2.45) is 11.3 Å². The SMILES string of the molecule is C=C(CC)CC(C)CC(C)(C)Cc1ccc(N)cc1Cl. The number of hydrogen-bond acceptors (Lipinski definition) is 1. The molecule has 2 heteroatoms. The summed E-state index contributed by atoms with van der Waals surface area (Å²) < 4.78 is 0. The standard InChI is InChI=1S/C18H28ClN/c1-6-13(2)9-14(3)11-18(4,5)12-15-7-8-16(20)10-17(15)19/h7-8,10,14H,2,6,9,11-12,20H2,1,3-5H3. The molecule has 0 bridgehead atoms. The molecule has 1 atom stereocenters. The average Bonchev–Trinajstić information content (AvgIpc) is 2.31. The van der Waals surface area contributed by atoms with Gasteiger partial charge in [-0.05, 0) is 54.7 Å². The van der Waals surface area contributed by atoms with Crippen LogP contribution < -0.4 is 5.73 Å². The molecule has 20 heavy (non-hydrogen) atoms. The van der Waals surface area contributed by atoms with Crippen LogP contribution in [0.1, 0.15) is 52.5 Å². The first-order chi connectivity index (χ1) is 9.23. The molecular weight excluding hydrogens is 266 g/mol. The minimum atomic E-state index is 0.229. The van der Waals surface area contributed by atoms with Crippen LogP contribution in [-0.4, -0.2) is 0 Å². The summed E-state index contributed by atoms with van der Waals surface area (Å²) in [6, 6.07) is 5.82. The van der Waals surface area contributed by atoms with Crippen molar-refractivity contribution in [3.05, 3.63) is 40.9 Å². The van der Waals surface area contributed by atoms with Gasteiger partial charge in [0.1, 0.15) is 0 Å². The zero-order valence-electron chi connectivity index (χ0n) is 13.3. The normalized spacial score (nSPS) is 13.2. The summed E-state index contributed by atoms with van der Waals surface area (Å²) >= 11 is 6.28. The molecule has 0 aliphatic heterocycles. The Kier molecular flexibility index (Phi) is 6.13. The summed E-state index contributed by atoms with van der Waals surface area (Å²) in [6.07, 6.45) is 4.35. The topological polar surface area (TPSA) is 26.0 Å². The van der Waals surface area contributed by atoms with Crippen LogP contribution in [-0.2, 0) is 6.42 Å². The second-order valence-corrected chi connectivity index (χ2v) is 7.22. The van der Waals surface area contributed by atoms with Gasteiger partial charge in [0, 0.05) is 10.7 Å². The number of anilines is 1. The third kappa shape index (κ3) is 5.58. The Labute approximate surface area is 129 Å². The predicted molar refractivity (Wildman–Crippen MR) is 91.2 cm³/mol. The van der Waals surface area contributed by atoms with Gasteiger partial charge in [-0.15, -0.1) is 0 Å². The van der Waals surface area contributed by atoms with Crippen molar-refractivity contribution in [3.63, 3.8) is 0 Å². The Hall–Kier alpha value is -0.950. The summed E-state index contributed by atoms with van der Waals surface area (Å²) in [7, 11) is 0. The van der Waals surface area contributed by atoms with Gasteiger partial charge in [-0.1, -0.05) is 57.5 Å². The highest BCUT2D eigenvalue weighted by Gasteiger charge is 2.23. The second-order valence-electron chi connectivity index (χ2n) is 6.81. The van der Waals surface area contributed by atoms with Crippen molar-refractivity contribution in [1.29, 1.82) is 0 Å². The number of nitrogens with two attached hydrogens (primary N) is 1. The Balaban J connectivity index is 2.66. The van der Waals surface area contributed by atoms with Gasteiger partial charge in [0.15, 0.2) is 0 Å². The van der Waals surface area contributed by atoms with E-state index in [9.17, 15) is 0 Å². The lowest BCUT2D eigenvalue weighted by Crippen LogP contribution is -2.19.